The largest absolute Gasteiger partial charge is 0.432 e. The van der Waals surface area contributed by atoms with Gasteiger partial charge < -0.3 is 33.6 Å². The summed E-state index contributed by atoms with van der Waals surface area (Å²) in [6.45, 7) is 18.7. The van der Waals surface area contributed by atoms with Crippen LogP contribution >= 0.6 is 11.3 Å². The summed E-state index contributed by atoms with van der Waals surface area (Å²) >= 11 is 1.65. The smallest absolute Gasteiger partial charge is 0.222 e. The van der Waals surface area contributed by atoms with E-state index in [0.29, 0.717) is 44.0 Å². The van der Waals surface area contributed by atoms with Crippen molar-refractivity contribution in [2.75, 3.05) is 33.0 Å². The molecule has 7 nitrogen and oxygen atoms in total. The minimum Gasteiger partial charge on any atom is -0.432 e. The Morgan fingerprint density at radius 1 is 0.849 bits per heavy atom. The highest BCUT2D eigenvalue weighted by molar-refractivity contribution is 7.19. The first-order valence-corrected chi connectivity index (χ1v) is 23.9. The molecular weight excluding hydrogens is 708 g/mol. The van der Waals surface area contributed by atoms with Gasteiger partial charge in [-0.3, -0.25) is 0 Å². The zero-order valence-electron chi connectivity index (χ0n) is 33.6. The zero-order valence-corrected chi connectivity index (χ0v) is 35.4. The lowest BCUT2D eigenvalue weighted by Crippen LogP contribution is -2.66. The molecular formula is C43H67FO7SSi. The van der Waals surface area contributed by atoms with Crippen LogP contribution in [0.25, 0.3) is 10.1 Å². The van der Waals surface area contributed by atoms with Gasteiger partial charge >= 0.3 is 0 Å². The average Bonchev–Trinajstić information content (AvgIpc) is 3.55. The number of halogens is 1. The van der Waals surface area contributed by atoms with Crippen LogP contribution in [0.3, 0.4) is 0 Å². The Morgan fingerprint density at radius 2 is 1.45 bits per heavy atom. The highest BCUT2D eigenvalue weighted by Crippen LogP contribution is 2.50. The van der Waals surface area contributed by atoms with Gasteiger partial charge in [-0.25, -0.2) is 4.39 Å². The normalized spacial score (nSPS) is 23.2. The second-order valence-electron chi connectivity index (χ2n) is 15.9. The fourth-order valence-electron chi connectivity index (χ4n) is 6.78. The molecule has 1 saturated heterocycles. The van der Waals surface area contributed by atoms with Gasteiger partial charge in [0.25, 0.3) is 0 Å². The third-order valence-corrected chi connectivity index (χ3v) is 15.7. The van der Waals surface area contributed by atoms with Crippen LogP contribution in [0.2, 0.25) is 18.1 Å². The van der Waals surface area contributed by atoms with Crippen molar-refractivity contribution in [3.8, 4) is 0 Å². The molecule has 2 heterocycles. The summed E-state index contributed by atoms with van der Waals surface area (Å²) in [4.78, 5) is 12.4. The number of thiophene rings is 1. The van der Waals surface area contributed by atoms with Gasteiger partial charge in [-0.05, 0) is 85.5 Å². The molecule has 53 heavy (non-hydrogen) atoms. The van der Waals surface area contributed by atoms with Gasteiger partial charge in [0.1, 0.15) is 30.2 Å². The molecule has 2 N–H and O–H groups in total. The molecule has 2 aromatic carbocycles. The third-order valence-electron chi connectivity index (χ3n) is 11.0. The van der Waals surface area contributed by atoms with E-state index in [2.05, 4.69) is 59.7 Å². The van der Waals surface area contributed by atoms with Crippen LogP contribution in [0.15, 0.2) is 48.5 Å². The van der Waals surface area contributed by atoms with Gasteiger partial charge in [0, 0.05) is 47.5 Å². The number of aliphatic hydroxyl groups is 1. The molecule has 0 bridgehead atoms. The van der Waals surface area contributed by atoms with Crippen molar-refractivity contribution in [3.63, 3.8) is 0 Å². The molecule has 3 aromatic rings. The number of hydrogen-bond donors (Lipinski definition) is 2. The lowest BCUT2D eigenvalue weighted by molar-refractivity contribution is -0.375. The highest BCUT2D eigenvalue weighted by Gasteiger charge is 2.57. The number of benzene rings is 2. The first-order chi connectivity index (χ1) is 25.3. The van der Waals surface area contributed by atoms with E-state index in [-0.39, 0.29) is 18.3 Å². The van der Waals surface area contributed by atoms with Gasteiger partial charge in [-0.2, -0.15) is 0 Å². The second-order valence-corrected chi connectivity index (χ2v) is 21.5. The van der Waals surface area contributed by atoms with Crippen LogP contribution in [0.5, 0.6) is 0 Å². The van der Waals surface area contributed by atoms with Crippen molar-refractivity contribution in [1.29, 1.82) is 0 Å². The Morgan fingerprint density at radius 3 is 2.08 bits per heavy atom. The molecule has 4 rings (SSSR count). The Hall–Kier alpha value is -1.73. The molecule has 1 aliphatic rings. The molecule has 10 heteroatoms. The Balaban J connectivity index is 1.88. The molecule has 0 radical (unpaired) electrons. The summed E-state index contributed by atoms with van der Waals surface area (Å²) < 4.78 is 50.3. The molecule has 0 aliphatic carbocycles. The number of hydrogen-bond acceptors (Lipinski definition) is 8. The van der Waals surface area contributed by atoms with Crippen LogP contribution < -0.4 is 0 Å². The number of ether oxygens (including phenoxy) is 5. The molecule has 1 aliphatic heterocycles. The van der Waals surface area contributed by atoms with Crippen LogP contribution in [0, 0.1) is 5.82 Å². The maximum absolute atomic E-state index is 16.4. The monoisotopic (exact) mass is 774 g/mol. The van der Waals surface area contributed by atoms with E-state index in [1.807, 2.05) is 25.2 Å². The van der Waals surface area contributed by atoms with E-state index < -0.39 is 43.6 Å². The van der Waals surface area contributed by atoms with Gasteiger partial charge in [-0.15, -0.1) is 11.3 Å². The molecule has 0 spiro atoms. The Labute approximate surface area is 323 Å². The Kier molecular flexibility index (Phi) is 17.0. The summed E-state index contributed by atoms with van der Waals surface area (Å²) in [6, 6.07) is 15.1. The number of fused-ring (bicyclic) bond motifs is 1. The summed E-state index contributed by atoms with van der Waals surface area (Å²) in [5, 5.41) is 13.7. The number of unbranched alkanes of at least 4 members (excludes halogenated alkanes) is 4. The molecule has 298 valence electrons. The summed E-state index contributed by atoms with van der Waals surface area (Å²) in [5.41, 5.74) is 0.847. The van der Waals surface area contributed by atoms with E-state index in [0.717, 1.165) is 66.3 Å². The summed E-state index contributed by atoms with van der Waals surface area (Å²) in [7, 11) is -2.69. The Bertz CT molecular complexity index is 1490. The highest BCUT2D eigenvalue weighted by atomic mass is 32.1. The predicted molar refractivity (Wildman–Crippen MR) is 217 cm³/mol. The molecule has 2 unspecified atom stereocenters. The molecule has 1 aromatic heterocycles. The van der Waals surface area contributed by atoms with Crippen LogP contribution in [-0.2, 0) is 29.5 Å². The van der Waals surface area contributed by atoms with Gasteiger partial charge in [0.2, 0.25) is 5.79 Å². The van der Waals surface area contributed by atoms with Gasteiger partial charge in [0.15, 0.2) is 8.32 Å². The van der Waals surface area contributed by atoms with Crippen molar-refractivity contribution in [3.05, 3.63) is 70.4 Å². The second kappa shape index (κ2) is 20.4. The number of rotatable bonds is 23. The third kappa shape index (κ3) is 11.2. The average molecular weight is 775 g/mol. The quantitative estimate of drug-likeness (QED) is 0.0733. The van der Waals surface area contributed by atoms with E-state index >= 15 is 4.39 Å². The summed E-state index contributed by atoms with van der Waals surface area (Å²) in [6.07, 6.45) is 4.93. The lowest BCUT2D eigenvalue weighted by Gasteiger charge is -2.50. The topological polar surface area (TPSA) is 86.6 Å². The van der Waals surface area contributed by atoms with Crippen LogP contribution in [0.1, 0.15) is 121 Å². The predicted octanol–water partition coefficient (Wildman–Crippen LogP) is 10.5. The molecule has 1 fully saturated rings. The van der Waals surface area contributed by atoms with Crippen molar-refractivity contribution >= 4 is 29.7 Å². The van der Waals surface area contributed by atoms with Crippen molar-refractivity contribution in [2.45, 2.75) is 154 Å². The maximum atomic E-state index is 16.4. The standard InChI is InChI=1S/C43H67FO7SSi/c1-9-13-23-47-30-36-39(48-24-14-10-2)40(49-25-15-11-3)41(50-26-16-12-4)43(45,51-36)32-21-22-35(44)33(28-32)34(29-42(5,6)53(7,8)46)38-27-31-19-17-18-20-37(31)52-38/h17-22,27-28,34,36,39-41,45-46H,9-16,23-26,29-30H2,1-8H3/t34?,36-,39-,40+,41-,43?/m1/s1. The molecule has 0 amide bonds. The SMILES string of the molecule is CCCCOC[C@H]1OC(O)(c2ccc(F)c(C(CC(C)(C)[Si](C)(C)O)c3cc4ccccc4s3)c2)[C@H](OCCCC)[C@@H](OCCCC)[C@@H]1OCCCC. The fraction of sp³-hybridized carbons (Fsp3) is 0.674. The van der Waals surface area contributed by atoms with Crippen molar-refractivity contribution in [1.82, 2.24) is 0 Å². The van der Waals surface area contributed by atoms with Gasteiger partial charge in [-0.1, -0.05) is 91.5 Å². The first kappa shape index (κ1) is 44.0. The zero-order chi connectivity index (χ0) is 38.6. The first-order valence-electron chi connectivity index (χ1n) is 20.1. The molecule has 0 saturated carbocycles. The van der Waals surface area contributed by atoms with E-state index in [1.165, 1.54) is 6.07 Å². The summed E-state index contributed by atoms with van der Waals surface area (Å²) in [5.74, 6) is -2.76. The lowest BCUT2D eigenvalue weighted by atomic mass is 9.83. The minimum absolute atomic E-state index is 0.206. The minimum atomic E-state index is -2.69. The fourth-order valence-corrected chi connectivity index (χ4v) is 8.67. The van der Waals surface area contributed by atoms with E-state index in [9.17, 15) is 9.90 Å². The maximum Gasteiger partial charge on any atom is 0.222 e. The van der Waals surface area contributed by atoms with E-state index in [1.54, 1.807) is 23.5 Å². The van der Waals surface area contributed by atoms with Crippen molar-refractivity contribution in [2.24, 2.45) is 0 Å². The van der Waals surface area contributed by atoms with Crippen molar-refractivity contribution < 1.29 is 38.0 Å². The molecule has 6 atom stereocenters. The van der Waals surface area contributed by atoms with E-state index in [4.69, 9.17) is 23.7 Å². The van der Waals surface area contributed by atoms with Crippen LogP contribution in [-0.4, -0.2) is 75.7 Å². The van der Waals surface area contributed by atoms with Gasteiger partial charge in [0.05, 0.1) is 6.61 Å². The van der Waals surface area contributed by atoms with Crippen LogP contribution in [0.4, 0.5) is 4.39 Å².